The molecule has 1 saturated carbocycles. The Labute approximate surface area is 95.6 Å². The molecule has 0 aromatic heterocycles. The Balaban J connectivity index is 1.84. The van der Waals surface area contributed by atoms with Crippen LogP contribution in [0.5, 0.6) is 0 Å². The Morgan fingerprint density at radius 2 is 2.06 bits per heavy atom. The minimum atomic E-state index is 0.0624. The topological polar surface area (TPSA) is 41.5 Å². The summed E-state index contributed by atoms with van der Waals surface area (Å²) in [5.74, 6) is 0.278. The molecule has 0 aliphatic heterocycles. The van der Waals surface area contributed by atoms with Crippen molar-refractivity contribution in [3.63, 3.8) is 0 Å². The Hall–Kier alpha value is -1.64. The van der Waals surface area contributed by atoms with Gasteiger partial charge < -0.3 is 0 Å². The number of nitrogens with zero attached hydrogens (tertiary/aromatic N) is 1. The Bertz CT molecular complexity index is 394. The molecule has 1 fully saturated rings. The molecule has 0 atom stereocenters. The highest BCUT2D eigenvalue weighted by Crippen LogP contribution is 2.28. The van der Waals surface area contributed by atoms with E-state index in [0.717, 1.165) is 25.0 Å². The summed E-state index contributed by atoms with van der Waals surface area (Å²) in [6, 6.07) is 10.1. The number of benzene rings is 1. The Kier molecular flexibility index (Phi) is 3.34. The molecule has 1 aromatic carbocycles. The van der Waals surface area contributed by atoms with Gasteiger partial charge in [0.1, 0.15) is 0 Å². The van der Waals surface area contributed by atoms with Crippen molar-refractivity contribution < 1.29 is 4.79 Å². The molecular formula is C13H16N2O. The summed E-state index contributed by atoms with van der Waals surface area (Å²) in [4.78, 5) is 11.3. The molecule has 84 valence electrons. The second kappa shape index (κ2) is 4.92. The Morgan fingerprint density at radius 3 is 2.69 bits per heavy atom. The van der Waals surface area contributed by atoms with E-state index >= 15 is 0 Å². The van der Waals surface area contributed by atoms with Crippen molar-refractivity contribution in [2.24, 2.45) is 11.0 Å². The fourth-order valence-corrected chi connectivity index (χ4v) is 1.52. The van der Waals surface area contributed by atoms with E-state index in [9.17, 15) is 4.79 Å². The molecular weight excluding hydrogens is 200 g/mol. The second-order valence-electron chi connectivity index (χ2n) is 4.26. The van der Waals surface area contributed by atoms with Crippen molar-refractivity contribution in [1.29, 1.82) is 0 Å². The second-order valence-corrected chi connectivity index (χ2v) is 4.26. The fraction of sp³-hybridized carbons (Fsp3) is 0.385. The van der Waals surface area contributed by atoms with Gasteiger partial charge in [-0.2, -0.15) is 5.10 Å². The molecule has 3 heteroatoms. The van der Waals surface area contributed by atoms with Crippen molar-refractivity contribution in [1.82, 2.24) is 5.43 Å². The summed E-state index contributed by atoms with van der Waals surface area (Å²) in [6.07, 6.45) is 2.81. The van der Waals surface area contributed by atoms with E-state index in [4.69, 9.17) is 0 Å². The van der Waals surface area contributed by atoms with Crippen LogP contribution in [-0.4, -0.2) is 11.6 Å². The molecule has 1 aliphatic rings. The number of rotatable bonds is 4. The highest BCUT2D eigenvalue weighted by Gasteiger charge is 2.29. The van der Waals surface area contributed by atoms with Gasteiger partial charge in [0, 0.05) is 18.1 Å². The Morgan fingerprint density at radius 1 is 1.38 bits per heavy atom. The van der Waals surface area contributed by atoms with Gasteiger partial charge >= 0.3 is 0 Å². The van der Waals surface area contributed by atoms with Crippen LogP contribution in [-0.2, 0) is 11.2 Å². The van der Waals surface area contributed by atoms with Crippen LogP contribution < -0.4 is 5.43 Å². The number of hydrogen-bond donors (Lipinski definition) is 1. The van der Waals surface area contributed by atoms with Gasteiger partial charge in [0.25, 0.3) is 0 Å². The summed E-state index contributed by atoms with van der Waals surface area (Å²) >= 11 is 0. The highest BCUT2D eigenvalue weighted by atomic mass is 16.2. The first-order chi connectivity index (χ1) is 7.75. The third-order valence-corrected chi connectivity index (χ3v) is 2.61. The van der Waals surface area contributed by atoms with Crippen LogP contribution in [0.1, 0.15) is 25.3 Å². The molecule has 1 aromatic rings. The molecule has 2 rings (SSSR count). The van der Waals surface area contributed by atoms with Crippen molar-refractivity contribution in [2.45, 2.75) is 26.2 Å². The lowest BCUT2D eigenvalue weighted by Gasteiger charge is -2.02. The van der Waals surface area contributed by atoms with Crippen molar-refractivity contribution in [3.05, 3.63) is 35.9 Å². The molecule has 0 heterocycles. The van der Waals surface area contributed by atoms with Gasteiger partial charge in [0.15, 0.2) is 0 Å². The van der Waals surface area contributed by atoms with Gasteiger partial charge in [-0.05, 0) is 25.3 Å². The molecule has 0 bridgehead atoms. The summed E-state index contributed by atoms with van der Waals surface area (Å²) in [6.45, 7) is 1.93. The minimum Gasteiger partial charge on any atom is -0.273 e. The van der Waals surface area contributed by atoms with Crippen molar-refractivity contribution in [2.75, 3.05) is 0 Å². The van der Waals surface area contributed by atoms with E-state index in [-0.39, 0.29) is 11.8 Å². The third kappa shape index (κ3) is 3.19. The molecule has 16 heavy (non-hydrogen) atoms. The predicted octanol–water partition coefficient (Wildman–Crippen LogP) is 2.13. The summed E-state index contributed by atoms with van der Waals surface area (Å²) in [5, 5.41) is 4.10. The molecule has 3 nitrogen and oxygen atoms in total. The van der Waals surface area contributed by atoms with Crippen LogP contribution in [0.15, 0.2) is 35.4 Å². The molecule has 1 N–H and O–H groups in total. The van der Waals surface area contributed by atoms with Gasteiger partial charge in [-0.25, -0.2) is 5.43 Å². The standard InChI is InChI=1S/C13H16N2O/c1-10(9-11-5-3-2-4-6-11)14-15-13(16)12-7-8-12/h2-6,12H,7-9H2,1H3,(H,15,16). The van der Waals surface area contributed by atoms with E-state index in [0.29, 0.717) is 0 Å². The molecule has 1 amide bonds. The third-order valence-electron chi connectivity index (χ3n) is 2.61. The number of nitrogens with one attached hydrogen (secondary N) is 1. The minimum absolute atomic E-state index is 0.0624. The maximum Gasteiger partial charge on any atom is 0.243 e. The first-order valence-electron chi connectivity index (χ1n) is 5.62. The van der Waals surface area contributed by atoms with E-state index < -0.39 is 0 Å². The quantitative estimate of drug-likeness (QED) is 0.608. The molecule has 0 saturated heterocycles. The zero-order valence-electron chi connectivity index (χ0n) is 9.44. The van der Waals surface area contributed by atoms with E-state index in [1.807, 2.05) is 25.1 Å². The van der Waals surface area contributed by atoms with Gasteiger partial charge in [-0.15, -0.1) is 0 Å². The van der Waals surface area contributed by atoms with Crippen LogP contribution in [0.2, 0.25) is 0 Å². The lowest BCUT2D eigenvalue weighted by atomic mass is 10.1. The first-order valence-corrected chi connectivity index (χ1v) is 5.62. The molecule has 1 aliphatic carbocycles. The lowest BCUT2D eigenvalue weighted by Crippen LogP contribution is -2.20. The predicted molar refractivity (Wildman–Crippen MR) is 64.1 cm³/mol. The highest BCUT2D eigenvalue weighted by molar-refractivity contribution is 5.87. The SMILES string of the molecule is CC(Cc1ccccc1)=NNC(=O)C1CC1. The molecule has 0 spiro atoms. The first kappa shape index (κ1) is 10.9. The summed E-state index contributed by atoms with van der Waals surface area (Å²) in [5.41, 5.74) is 4.76. The summed E-state index contributed by atoms with van der Waals surface area (Å²) < 4.78 is 0. The zero-order chi connectivity index (χ0) is 11.4. The lowest BCUT2D eigenvalue weighted by molar-refractivity contribution is -0.122. The normalized spacial score (nSPS) is 15.9. The van der Waals surface area contributed by atoms with Gasteiger partial charge in [0.05, 0.1) is 0 Å². The summed E-state index contributed by atoms with van der Waals surface area (Å²) in [7, 11) is 0. The van der Waals surface area contributed by atoms with Crippen LogP contribution in [0, 0.1) is 5.92 Å². The monoisotopic (exact) mass is 216 g/mol. The maximum atomic E-state index is 11.3. The van der Waals surface area contributed by atoms with E-state index in [2.05, 4.69) is 22.7 Å². The number of hydrazone groups is 1. The van der Waals surface area contributed by atoms with Crippen LogP contribution in [0.3, 0.4) is 0 Å². The molecule has 0 unspecified atom stereocenters. The number of amides is 1. The number of carbonyl (C=O) groups excluding carboxylic acids is 1. The van der Waals surface area contributed by atoms with Gasteiger partial charge in [-0.3, -0.25) is 4.79 Å². The number of carbonyl (C=O) groups is 1. The smallest absolute Gasteiger partial charge is 0.243 e. The van der Waals surface area contributed by atoms with Gasteiger partial charge in [0.2, 0.25) is 5.91 Å². The largest absolute Gasteiger partial charge is 0.273 e. The van der Waals surface area contributed by atoms with Gasteiger partial charge in [-0.1, -0.05) is 30.3 Å². The van der Waals surface area contributed by atoms with Crippen molar-refractivity contribution >= 4 is 11.6 Å². The molecule has 0 radical (unpaired) electrons. The average Bonchev–Trinajstić information content (AvgIpc) is 3.11. The van der Waals surface area contributed by atoms with Crippen molar-refractivity contribution in [3.8, 4) is 0 Å². The average molecular weight is 216 g/mol. The number of hydrogen-bond acceptors (Lipinski definition) is 2. The van der Waals surface area contributed by atoms with Crippen LogP contribution in [0.4, 0.5) is 0 Å². The zero-order valence-corrected chi connectivity index (χ0v) is 9.44. The van der Waals surface area contributed by atoms with Crippen LogP contribution in [0.25, 0.3) is 0 Å². The van der Waals surface area contributed by atoms with Crippen LogP contribution >= 0.6 is 0 Å². The van der Waals surface area contributed by atoms with E-state index in [1.54, 1.807) is 0 Å². The fourth-order valence-electron chi connectivity index (χ4n) is 1.52. The maximum absolute atomic E-state index is 11.3. The van der Waals surface area contributed by atoms with E-state index in [1.165, 1.54) is 5.56 Å².